The first-order chi connectivity index (χ1) is 10.2. The number of fused-ring (bicyclic) bond motifs is 1. The highest BCUT2D eigenvalue weighted by Crippen LogP contribution is 2.34. The summed E-state index contributed by atoms with van der Waals surface area (Å²) in [5.74, 6) is 1.66. The van der Waals surface area contributed by atoms with Crippen molar-refractivity contribution in [2.24, 2.45) is 0 Å². The summed E-state index contributed by atoms with van der Waals surface area (Å²) in [5.41, 5.74) is 3.15. The molecule has 0 aliphatic carbocycles. The van der Waals surface area contributed by atoms with Gasteiger partial charge in [0, 0.05) is 18.5 Å². The predicted molar refractivity (Wildman–Crippen MR) is 85.6 cm³/mol. The maximum Gasteiger partial charge on any atom is 0.166 e. The smallest absolute Gasteiger partial charge is 0.166 e. The number of hydrogen-bond donors (Lipinski definition) is 1. The van der Waals surface area contributed by atoms with E-state index < -0.39 is 0 Å². The standard InChI is InChI=1S/C17H18ClNO2/c1-12-6-7-15(14(18)10-12)19-11-13-4-2-5-16-17(13)21-9-3-8-20-16/h2,4-7,10,19H,3,8-9,11H2,1H3. The Hall–Kier alpha value is -1.87. The van der Waals surface area contributed by atoms with E-state index >= 15 is 0 Å². The number of rotatable bonds is 3. The van der Waals surface area contributed by atoms with Crippen LogP contribution < -0.4 is 14.8 Å². The van der Waals surface area contributed by atoms with Gasteiger partial charge in [0.1, 0.15) is 0 Å². The zero-order chi connectivity index (χ0) is 14.7. The molecule has 0 aromatic heterocycles. The summed E-state index contributed by atoms with van der Waals surface area (Å²) in [6, 6.07) is 12.0. The number of halogens is 1. The van der Waals surface area contributed by atoms with Crippen LogP contribution in [0.3, 0.4) is 0 Å². The van der Waals surface area contributed by atoms with Crippen LogP contribution in [0.1, 0.15) is 17.5 Å². The second-order valence-electron chi connectivity index (χ2n) is 5.13. The lowest BCUT2D eigenvalue weighted by Gasteiger charge is -2.14. The average Bonchev–Trinajstić information content (AvgIpc) is 2.72. The Morgan fingerprint density at radius 2 is 2.00 bits per heavy atom. The largest absolute Gasteiger partial charge is 0.490 e. The molecule has 110 valence electrons. The average molecular weight is 304 g/mol. The molecule has 0 saturated carbocycles. The molecule has 1 heterocycles. The molecule has 0 unspecified atom stereocenters. The number of hydrogen-bond acceptors (Lipinski definition) is 3. The van der Waals surface area contributed by atoms with E-state index in [1.165, 1.54) is 0 Å². The molecule has 0 radical (unpaired) electrons. The van der Waals surface area contributed by atoms with Crippen molar-refractivity contribution >= 4 is 17.3 Å². The number of para-hydroxylation sites is 1. The zero-order valence-electron chi connectivity index (χ0n) is 12.0. The van der Waals surface area contributed by atoms with Gasteiger partial charge in [-0.05, 0) is 30.7 Å². The van der Waals surface area contributed by atoms with Gasteiger partial charge in [-0.25, -0.2) is 0 Å². The highest BCUT2D eigenvalue weighted by Gasteiger charge is 2.14. The molecule has 0 atom stereocenters. The fraction of sp³-hybridized carbons (Fsp3) is 0.294. The molecular formula is C17H18ClNO2. The maximum absolute atomic E-state index is 6.25. The molecule has 2 aromatic carbocycles. The van der Waals surface area contributed by atoms with Gasteiger partial charge in [-0.1, -0.05) is 29.8 Å². The molecule has 0 spiro atoms. The van der Waals surface area contributed by atoms with Crippen LogP contribution in [0.25, 0.3) is 0 Å². The predicted octanol–water partition coefficient (Wildman–Crippen LogP) is 4.42. The minimum absolute atomic E-state index is 0.648. The van der Waals surface area contributed by atoms with Crippen molar-refractivity contribution in [3.63, 3.8) is 0 Å². The summed E-state index contributed by atoms with van der Waals surface area (Å²) in [6.45, 7) is 4.07. The van der Waals surface area contributed by atoms with E-state index in [2.05, 4.69) is 5.32 Å². The molecule has 1 aliphatic heterocycles. The minimum Gasteiger partial charge on any atom is -0.490 e. The Balaban J connectivity index is 1.79. The summed E-state index contributed by atoms with van der Waals surface area (Å²) in [7, 11) is 0. The van der Waals surface area contributed by atoms with Crippen LogP contribution in [-0.2, 0) is 6.54 Å². The van der Waals surface area contributed by atoms with Crippen molar-refractivity contribution in [2.45, 2.75) is 19.9 Å². The molecule has 0 bridgehead atoms. The third kappa shape index (κ3) is 3.24. The molecule has 1 N–H and O–H groups in total. The van der Waals surface area contributed by atoms with Crippen LogP contribution in [0.2, 0.25) is 5.02 Å². The summed E-state index contributed by atoms with van der Waals surface area (Å²) in [4.78, 5) is 0. The fourth-order valence-electron chi connectivity index (χ4n) is 2.35. The molecule has 3 nitrogen and oxygen atoms in total. The summed E-state index contributed by atoms with van der Waals surface area (Å²) in [6.07, 6.45) is 0.908. The quantitative estimate of drug-likeness (QED) is 0.910. The Labute approximate surface area is 129 Å². The van der Waals surface area contributed by atoms with Gasteiger partial charge < -0.3 is 14.8 Å². The first kappa shape index (κ1) is 14.1. The number of benzene rings is 2. The third-order valence-corrected chi connectivity index (χ3v) is 3.76. The minimum atomic E-state index is 0.648. The van der Waals surface area contributed by atoms with E-state index in [1.807, 2.05) is 43.3 Å². The van der Waals surface area contributed by atoms with Crippen LogP contribution in [0.15, 0.2) is 36.4 Å². The summed E-state index contributed by atoms with van der Waals surface area (Å²) >= 11 is 6.25. The first-order valence-electron chi connectivity index (χ1n) is 7.11. The van der Waals surface area contributed by atoms with Crippen molar-refractivity contribution in [1.29, 1.82) is 0 Å². The van der Waals surface area contributed by atoms with Crippen molar-refractivity contribution in [1.82, 2.24) is 0 Å². The molecule has 21 heavy (non-hydrogen) atoms. The van der Waals surface area contributed by atoms with Crippen molar-refractivity contribution in [3.05, 3.63) is 52.5 Å². The van der Waals surface area contributed by atoms with E-state index in [1.54, 1.807) is 0 Å². The van der Waals surface area contributed by atoms with E-state index in [9.17, 15) is 0 Å². The number of ether oxygens (including phenoxy) is 2. The second kappa shape index (κ2) is 6.27. The second-order valence-corrected chi connectivity index (χ2v) is 5.54. The lowest BCUT2D eigenvalue weighted by atomic mass is 10.1. The van der Waals surface area contributed by atoms with Crippen molar-refractivity contribution in [2.75, 3.05) is 18.5 Å². The maximum atomic E-state index is 6.25. The first-order valence-corrected chi connectivity index (χ1v) is 7.49. The lowest BCUT2D eigenvalue weighted by Crippen LogP contribution is -2.04. The summed E-state index contributed by atoms with van der Waals surface area (Å²) in [5, 5.41) is 4.09. The van der Waals surface area contributed by atoms with Gasteiger partial charge in [0.25, 0.3) is 0 Å². The Morgan fingerprint density at radius 1 is 1.14 bits per heavy atom. The van der Waals surface area contributed by atoms with Gasteiger partial charge in [-0.3, -0.25) is 0 Å². The van der Waals surface area contributed by atoms with Gasteiger partial charge in [0.2, 0.25) is 0 Å². The van der Waals surface area contributed by atoms with Crippen molar-refractivity contribution in [3.8, 4) is 11.5 Å². The van der Waals surface area contributed by atoms with Crippen LogP contribution in [0.4, 0.5) is 5.69 Å². The Morgan fingerprint density at radius 3 is 2.86 bits per heavy atom. The van der Waals surface area contributed by atoms with Gasteiger partial charge >= 0.3 is 0 Å². The molecule has 2 aromatic rings. The molecule has 3 rings (SSSR count). The molecule has 0 saturated heterocycles. The van der Waals surface area contributed by atoms with Gasteiger partial charge in [0.15, 0.2) is 11.5 Å². The SMILES string of the molecule is Cc1ccc(NCc2cccc3c2OCCCO3)c(Cl)c1. The molecule has 0 fully saturated rings. The fourth-order valence-corrected chi connectivity index (χ4v) is 2.65. The normalized spacial score (nSPS) is 13.6. The topological polar surface area (TPSA) is 30.5 Å². The number of nitrogens with one attached hydrogen (secondary N) is 1. The van der Waals surface area contributed by atoms with E-state index in [0.717, 1.165) is 39.8 Å². The van der Waals surface area contributed by atoms with Crippen molar-refractivity contribution < 1.29 is 9.47 Å². The third-order valence-electron chi connectivity index (χ3n) is 3.45. The Bertz CT molecular complexity index is 643. The van der Waals surface area contributed by atoms with Crippen LogP contribution in [0, 0.1) is 6.92 Å². The van der Waals surface area contributed by atoms with Gasteiger partial charge in [0.05, 0.1) is 23.9 Å². The van der Waals surface area contributed by atoms with Crippen LogP contribution in [0.5, 0.6) is 11.5 Å². The van der Waals surface area contributed by atoms with Crippen LogP contribution in [-0.4, -0.2) is 13.2 Å². The monoisotopic (exact) mass is 303 g/mol. The van der Waals surface area contributed by atoms with E-state index in [4.69, 9.17) is 21.1 Å². The molecule has 0 amide bonds. The molecule has 4 heteroatoms. The molecule has 1 aliphatic rings. The summed E-state index contributed by atoms with van der Waals surface area (Å²) < 4.78 is 11.5. The van der Waals surface area contributed by atoms with Gasteiger partial charge in [-0.2, -0.15) is 0 Å². The number of anilines is 1. The number of aryl methyl sites for hydroxylation is 1. The van der Waals surface area contributed by atoms with E-state index in [-0.39, 0.29) is 0 Å². The zero-order valence-corrected chi connectivity index (χ0v) is 12.7. The highest BCUT2D eigenvalue weighted by atomic mass is 35.5. The van der Waals surface area contributed by atoms with Gasteiger partial charge in [-0.15, -0.1) is 0 Å². The Kier molecular flexibility index (Phi) is 4.20. The molecular weight excluding hydrogens is 286 g/mol. The van der Waals surface area contributed by atoms with Crippen LogP contribution >= 0.6 is 11.6 Å². The highest BCUT2D eigenvalue weighted by molar-refractivity contribution is 6.33. The van der Waals surface area contributed by atoms with E-state index in [0.29, 0.717) is 19.8 Å². The lowest BCUT2D eigenvalue weighted by molar-refractivity contribution is 0.296.